The second-order valence-electron chi connectivity index (χ2n) is 5.03. The van der Waals surface area contributed by atoms with Gasteiger partial charge in [0.25, 0.3) is 0 Å². The van der Waals surface area contributed by atoms with Crippen molar-refractivity contribution in [3.05, 3.63) is 58.7 Å². The molecular weight excluding hydrogens is 314 g/mol. The summed E-state index contributed by atoms with van der Waals surface area (Å²) in [6, 6.07) is 14.5. The van der Waals surface area contributed by atoms with Crippen LogP contribution in [0.3, 0.4) is 0 Å². The van der Waals surface area contributed by atoms with Gasteiger partial charge in [0.2, 0.25) is 0 Å². The first-order chi connectivity index (χ1) is 11.1. The van der Waals surface area contributed by atoms with Gasteiger partial charge in [-0.1, -0.05) is 41.9 Å². The van der Waals surface area contributed by atoms with Crippen molar-refractivity contribution in [2.75, 3.05) is 5.32 Å². The van der Waals surface area contributed by atoms with Crippen LogP contribution < -0.4 is 5.32 Å². The van der Waals surface area contributed by atoms with E-state index >= 15 is 0 Å². The highest BCUT2D eigenvalue weighted by atomic mass is 35.5. The van der Waals surface area contributed by atoms with Gasteiger partial charge in [-0.3, -0.25) is 4.79 Å². The number of benzene rings is 1. The molecule has 1 atom stereocenters. The maximum atomic E-state index is 11.8. The third-order valence-electron chi connectivity index (χ3n) is 3.06. The third kappa shape index (κ3) is 5.28. The Kier molecular flexibility index (Phi) is 5.95. The van der Waals surface area contributed by atoms with Crippen molar-refractivity contribution < 1.29 is 9.53 Å². The van der Waals surface area contributed by atoms with Gasteiger partial charge in [0.15, 0.2) is 5.69 Å². The van der Waals surface area contributed by atoms with Crippen LogP contribution in [0.2, 0.25) is 5.02 Å². The SMILES string of the molecule is CC(CC(=O)OCc1ccccc1)Nc1ccc(Cl)c(C#N)n1. The molecule has 2 rings (SSSR count). The van der Waals surface area contributed by atoms with Crippen molar-refractivity contribution in [3.8, 4) is 6.07 Å². The number of halogens is 1. The highest BCUT2D eigenvalue weighted by Gasteiger charge is 2.12. The maximum absolute atomic E-state index is 11.8. The first-order valence-corrected chi connectivity index (χ1v) is 7.49. The van der Waals surface area contributed by atoms with Gasteiger partial charge in [-0.25, -0.2) is 4.98 Å². The van der Waals surface area contributed by atoms with E-state index in [1.165, 1.54) is 0 Å². The molecule has 0 amide bonds. The smallest absolute Gasteiger partial charge is 0.308 e. The number of pyridine rings is 1. The predicted octanol–water partition coefficient (Wildman–Crippen LogP) is 3.54. The molecule has 0 aliphatic rings. The summed E-state index contributed by atoms with van der Waals surface area (Å²) in [5.41, 5.74) is 1.09. The van der Waals surface area contributed by atoms with E-state index in [4.69, 9.17) is 21.6 Å². The third-order valence-corrected chi connectivity index (χ3v) is 3.37. The number of carbonyl (C=O) groups excluding carboxylic acids is 1. The molecular formula is C17H16ClN3O2. The summed E-state index contributed by atoms with van der Waals surface area (Å²) in [7, 11) is 0. The second-order valence-corrected chi connectivity index (χ2v) is 5.44. The number of esters is 1. The molecule has 0 aliphatic heterocycles. The minimum atomic E-state index is -0.302. The molecule has 1 N–H and O–H groups in total. The number of nitrogens with one attached hydrogen (secondary N) is 1. The molecule has 0 bridgehead atoms. The van der Waals surface area contributed by atoms with Crippen molar-refractivity contribution in [1.82, 2.24) is 4.98 Å². The summed E-state index contributed by atoms with van der Waals surface area (Å²) < 4.78 is 5.23. The van der Waals surface area contributed by atoms with Crippen LogP contribution in [0.25, 0.3) is 0 Å². The predicted molar refractivity (Wildman–Crippen MR) is 87.9 cm³/mol. The van der Waals surface area contributed by atoms with Gasteiger partial charge in [-0.2, -0.15) is 5.26 Å². The van der Waals surface area contributed by atoms with Crippen molar-refractivity contribution in [2.24, 2.45) is 0 Å². The first-order valence-electron chi connectivity index (χ1n) is 7.11. The quantitative estimate of drug-likeness (QED) is 0.820. The standard InChI is InChI=1S/C17H16ClN3O2/c1-12(20-16-8-7-14(18)15(10-19)21-16)9-17(22)23-11-13-5-3-2-4-6-13/h2-8,12H,9,11H2,1H3,(H,20,21). The van der Waals surface area contributed by atoms with Gasteiger partial charge in [0, 0.05) is 6.04 Å². The molecule has 0 saturated carbocycles. The average molecular weight is 330 g/mol. The zero-order chi connectivity index (χ0) is 16.7. The van der Waals surface area contributed by atoms with E-state index in [1.54, 1.807) is 12.1 Å². The van der Waals surface area contributed by atoms with Gasteiger partial charge in [0.1, 0.15) is 18.5 Å². The van der Waals surface area contributed by atoms with E-state index in [1.807, 2.05) is 43.3 Å². The number of aromatic nitrogens is 1. The lowest BCUT2D eigenvalue weighted by molar-refractivity contribution is -0.145. The normalized spacial score (nSPS) is 11.3. The van der Waals surface area contributed by atoms with Crippen molar-refractivity contribution in [3.63, 3.8) is 0 Å². The number of nitriles is 1. The Morgan fingerprint density at radius 1 is 1.35 bits per heavy atom. The number of anilines is 1. The first kappa shape index (κ1) is 16.8. The van der Waals surface area contributed by atoms with Crippen LogP contribution >= 0.6 is 11.6 Å². The van der Waals surface area contributed by atoms with E-state index in [0.29, 0.717) is 10.8 Å². The van der Waals surface area contributed by atoms with Gasteiger partial charge in [0.05, 0.1) is 11.4 Å². The monoisotopic (exact) mass is 329 g/mol. The topological polar surface area (TPSA) is 75.0 Å². The number of hydrogen-bond donors (Lipinski definition) is 1. The Morgan fingerprint density at radius 3 is 2.78 bits per heavy atom. The molecule has 2 aromatic rings. The van der Waals surface area contributed by atoms with Gasteiger partial charge < -0.3 is 10.1 Å². The van der Waals surface area contributed by atoms with Crippen molar-refractivity contribution in [2.45, 2.75) is 26.0 Å². The number of carbonyl (C=O) groups is 1. The van der Waals surface area contributed by atoms with E-state index in [0.717, 1.165) is 5.56 Å². The summed E-state index contributed by atoms with van der Waals surface area (Å²) in [5.74, 6) is 0.192. The van der Waals surface area contributed by atoms with E-state index in [9.17, 15) is 4.79 Å². The molecule has 1 aromatic carbocycles. The van der Waals surface area contributed by atoms with Crippen LogP contribution in [0.4, 0.5) is 5.82 Å². The van der Waals surface area contributed by atoms with Crippen LogP contribution in [-0.4, -0.2) is 17.0 Å². The highest BCUT2D eigenvalue weighted by molar-refractivity contribution is 6.31. The fourth-order valence-electron chi connectivity index (χ4n) is 1.95. The van der Waals surface area contributed by atoms with Gasteiger partial charge in [-0.05, 0) is 24.6 Å². The van der Waals surface area contributed by atoms with Gasteiger partial charge >= 0.3 is 5.97 Å². The fraction of sp³-hybridized carbons (Fsp3) is 0.235. The largest absolute Gasteiger partial charge is 0.461 e. The van der Waals surface area contributed by atoms with Crippen LogP contribution in [0.15, 0.2) is 42.5 Å². The Labute approximate surface area is 139 Å². The number of ether oxygens (including phenoxy) is 1. The lowest BCUT2D eigenvalue weighted by Gasteiger charge is -2.14. The maximum Gasteiger partial charge on any atom is 0.308 e. The molecule has 5 nitrogen and oxygen atoms in total. The Bertz CT molecular complexity index is 714. The molecule has 6 heteroatoms. The molecule has 0 radical (unpaired) electrons. The lowest BCUT2D eigenvalue weighted by atomic mass is 10.2. The van der Waals surface area contributed by atoms with Crippen LogP contribution in [-0.2, 0) is 16.1 Å². The molecule has 1 heterocycles. The van der Waals surface area contributed by atoms with Crippen molar-refractivity contribution >= 4 is 23.4 Å². The molecule has 118 valence electrons. The molecule has 0 aliphatic carbocycles. The fourth-order valence-corrected chi connectivity index (χ4v) is 2.10. The summed E-state index contributed by atoms with van der Waals surface area (Å²) in [6.07, 6.45) is 0.193. The van der Waals surface area contributed by atoms with Crippen molar-refractivity contribution in [1.29, 1.82) is 5.26 Å². The van der Waals surface area contributed by atoms with Gasteiger partial charge in [-0.15, -0.1) is 0 Å². The molecule has 1 aromatic heterocycles. The second kappa shape index (κ2) is 8.16. The molecule has 23 heavy (non-hydrogen) atoms. The summed E-state index contributed by atoms with van der Waals surface area (Å²) in [6.45, 7) is 2.09. The minimum Gasteiger partial charge on any atom is -0.461 e. The van der Waals surface area contributed by atoms with E-state index in [2.05, 4.69) is 10.3 Å². The van der Waals surface area contributed by atoms with E-state index < -0.39 is 0 Å². The minimum absolute atomic E-state index is 0.149. The number of hydrogen-bond acceptors (Lipinski definition) is 5. The Hall–Kier alpha value is -2.58. The number of rotatable bonds is 6. The molecule has 1 unspecified atom stereocenters. The molecule has 0 saturated heterocycles. The zero-order valence-corrected chi connectivity index (χ0v) is 13.4. The average Bonchev–Trinajstić information content (AvgIpc) is 2.55. The summed E-state index contributed by atoms with van der Waals surface area (Å²) >= 11 is 5.83. The summed E-state index contributed by atoms with van der Waals surface area (Å²) in [4.78, 5) is 15.9. The summed E-state index contributed by atoms with van der Waals surface area (Å²) in [5, 5.41) is 12.3. The highest BCUT2D eigenvalue weighted by Crippen LogP contribution is 2.16. The van der Waals surface area contributed by atoms with Crippen LogP contribution in [0.1, 0.15) is 24.6 Å². The van der Waals surface area contributed by atoms with Crippen LogP contribution in [0.5, 0.6) is 0 Å². The lowest BCUT2D eigenvalue weighted by Crippen LogP contribution is -2.21. The Balaban J connectivity index is 1.83. The Morgan fingerprint density at radius 2 is 2.09 bits per heavy atom. The van der Waals surface area contributed by atoms with Crippen LogP contribution in [0, 0.1) is 11.3 Å². The number of nitrogens with zero attached hydrogens (tertiary/aromatic N) is 2. The molecule has 0 fully saturated rings. The molecule has 0 spiro atoms. The van der Waals surface area contributed by atoms with E-state index in [-0.39, 0.29) is 30.7 Å². The zero-order valence-electron chi connectivity index (χ0n) is 12.6.